The number of hydrogen-bond acceptors (Lipinski definition) is 6. The number of ether oxygens (including phenoxy) is 1. The number of carbonyl (C=O) groups is 1. The Balaban J connectivity index is 2.48. The van der Waals surface area contributed by atoms with Crippen LogP contribution < -0.4 is 5.32 Å². The summed E-state index contributed by atoms with van der Waals surface area (Å²) in [5.74, 6) is 0.162. The summed E-state index contributed by atoms with van der Waals surface area (Å²) in [5.41, 5.74) is 0. The molecule has 16 heavy (non-hydrogen) atoms. The van der Waals surface area contributed by atoms with E-state index in [1.807, 2.05) is 0 Å². The average molecular weight is 251 g/mol. The second kappa shape index (κ2) is 6.41. The van der Waals surface area contributed by atoms with Gasteiger partial charge in [-0.25, -0.2) is 0 Å². The molecule has 1 fully saturated rings. The molecule has 0 saturated carbocycles. The predicted molar refractivity (Wildman–Crippen MR) is 59.2 cm³/mol. The van der Waals surface area contributed by atoms with Crippen molar-refractivity contribution in [2.45, 2.75) is 30.8 Å². The molecule has 4 atom stereocenters. The Hall–Kier alpha value is -0.340. The van der Waals surface area contributed by atoms with E-state index >= 15 is 0 Å². The molecule has 1 amide bonds. The largest absolute Gasteiger partial charge is 0.394 e. The van der Waals surface area contributed by atoms with Crippen LogP contribution in [0.25, 0.3) is 0 Å². The van der Waals surface area contributed by atoms with Gasteiger partial charge in [-0.1, -0.05) is 0 Å². The summed E-state index contributed by atoms with van der Waals surface area (Å²) in [7, 11) is 0. The zero-order valence-electron chi connectivity index (χ0n) is 8.74. The van der Waals surface area contributed by atoms with Crippen LogP contribution in [0.1, 0.15) is 6.42 Å². The maximum atomic E-state index is 11.3. The van der Waals surface area contributed by atoms with Gasteiger partial charge in [0.1, 0.15) is 18.3 Å². The highest BCUT2D eigenvalue weighted by atomic mass is 32.1. The number of amides is 1. The fraction of sp³-hybridized carbons (Fsp3) is 0.889. The van der Waals surface area contributed by atoms with Crippen LogP contribution in [-0.4, -0.2) is 64.5 Å². The fourth-order valence-corrected chi connectivity index (χ4v) is 1.75. The first-order chi connectivity index (χ1) is 7.60. The molecule has 1 saturated heterocycles. The Morgan fingerprint density at radius 3 is 2.69 bits per heavy atom. The van der Waals surface area contributed by atoms with E-state index in [0.717, 1.165) is 0 Å². The summed E-state index contributed by atoms with van der Waals surface area (Å²) in [6, 6.07) is -0.648. The first-order valence-electron chi connectivity index (χ1n) is 5.09. The standard InChI is InChI=1S/C9H17NO5S/c11-3-6-9(14)8(13)5(4-15-6)10-7(12)1-2-16/h5-6,8-9,11,13-14,16H,1-4H2,(H,10,12)/t5?,6?,8?,9-/m1/s1. The zero-order valence-corrected chi connectivity index (χ0v) is 9.64. The molecular formula is C9H17NO5S. The molecule has 0 aliphatic carbocycles. The Kier molecular flexibility index (Phi) is 5.50. The van der Waals surface area contributed by atoms with Crippen molar-refractivity contribution in [3.63, 3.8) is 0 Å². The van der Waals surface area contributed by atoms with Gasteiger partial charge in [-0.05, 0) is 5.75 Å². The molecule has 6 nitrogen and oxygen atoms in total. The summed E-state index contributed by atoms with van der Waals surface area (Å²) in [4.78, 5) is 11.3. The molecule has 7 heteroatoms. The zero-order chi connectivity index (χ0) is 12.1. The van der Waals surface area contributed by atoms with Gasteiger partial charge in [-0.15, -0.1) is 0 Å². The van der Waals surface area contributed by atoms with Crippen LogP contribution in [-0.2, 0) is 9.53 Å². The van der Waals surface area contributed by atoms with Crippen LogP contribution in [0, 0.1) is 0 Å². The second-order valence-electron chi connectivity index (χ2n) is 3.68. The first kappa shape index (κ1) is 13.7. The molecule has 0 aromatic heterocycles. The molecule has 94 valence electrons. The van der Waals surface area contributed by atoms with Gasteiger partial charge < -0.3 is 25.4 Å². The van der Waals surface area contributed by atoms with Crippen molar-refractivity contribution >= 4 is 18.5 Å². The van der Waals surface area contributed by atoms with Gasteiger partial charge in [0.2, 0.25) is 5.91 Å². The van der Waals surface area contributed by atoms with E-state index in [4.69, 9.17) is 9.84 Å². The van der Waals surface area contributed by atoms with Gasteiger partial charge in [0.25, 0.3) is 0 Å². The van der Waals surface area contributed by atoms with Crippen molar-refractivity contribution in [2.75, 3.05) is 19.0 Å². The Morgan fingerprint density at radius 1 is 1.44 bits per heavy atom. The highest BCUT2D eigenvalue weighted by Gasteiger charge is 2.38. The van der Waals surface area contributed by atoms with Crippen LogP contribution in [0.2, 0.25) is 0 Å². The minimum absolute atomic E-state index is 0.0712. The lowest BCUT2D eigenvalue weighted by atomic mass is 9.98. The SMILES string of the molecule is O=C(CCS)NC1COC(CO)[C@@H](O)C1O. The van der Waals surface area contributed by atoms with Gasteiger partial charge in [-0.2, -0.15) is 12.6 Å². The van der Waals surface area contributed by atoms with Gasteiger partial charge in [-0.3, -0.25) is 4.79 Å². The lowest BCUT2D eigenvalue weighted by molar-refractivity contribution is -0.164. The number of thiol groups is 1. The van der Waals surface area contributed by atoms with Crippen LogP contribution in [0.4, 0.5) is 0 Å². The summed E-state index contributed by atoms with van der Waals surface area (Å²) in [5, 5.41) is 30.6. The molecule has 0 spiro atoms. The molecule has 0 aromatic rings. The number of hydrogen-bond donors (Lipinski definition) is 5. The normalized spacial score (nSPS) is 34.8. The average Bonchev–Trinajstić information content (AvgIpc) is 2.25. The minimum atomic E-state index is -1.19. The lowest BCUT2D eigenvalue weighted by Crippen LogP contribution is -2.60. The summed E-state index contributed by atoms with van der Waals surface area (Å²) in [6.45, 7) is -0.294. The van der Waals surface area contributed by atoms with E-state index in [2.05, 4.69) is 17.9 Å². The molecule has 1 heterocycles. The molecule has 1 rings (SSSR count). The van der Waals surface area contributed by atoms with Gasteiger partial charge in [0.15, 0.2) is 0 Å². The molecular weight excluding hydrogens is 234 g/mol. The molecule has 4 N–H and O–H groups in total. The van der Waals surface area contributed by atoms with E-state index in [0.29, 0.717) is 5.75 Å². The molecule has 1 aliphatic heterocycles. The predicted octanol–water partition coefficient (Wildman–Crippen LogP) is -2.10. The van der Waals surface area contributed by atoms with E-state index < -0.39 is 24.4 Å². The highest BCUT2D eigenvalue weighted by molar-refractivity contribution is 7.80. The van der Waals surface area contributed by atoms with Crippen molar-refractivity contribution < 1.29 is 24.9 Å². The topological polar surface area (TPSA) is 99.0 Å². The summed E-state index contributed by atoms with van der Waals surface area (Å²) in [6.07, 6.45) is -2.88. The Bertz CT molecular complexity index is 240. The maximum Gasteiger partial charge on any atom is 0.221 e. The number of aliphatic hydroxyl groups is 3. The summed E-state index contributed by atoms with van der Waals surface area (Å²) < 4.78 is 5.11. The van der Waals surface area contributed by atoms with Crippen LogP contribution in [0.3, 0.4) is 0 Å². The van der Waals surface area contributed by atoms with Gasteiger partial charge in [0.05, 0.1) is 19.3 Å². The third-order valence-corrected chi connectivity index (χ3v) is 2.72. The Labute approximate surface area is 99.0 Å². The van der Waals surface area contributed by atoms with E-state index in [1.165, 1.54) is 0 Å². The summed E-state index contributed by atoms with van der Waals surface area (Å²) >= 11 is 3.91. The van der Waals surface area contributed by atoms with Crippen LogP contribution in [0.15, 0.2) is 0 Å². The van der Waals surface area contributed by atoms with E-state index in [-0.39, 0.29) is 25.5 Å². The number of aliphatic hydroxyl groups excluding tert-OH is 3. The van der Waals surface area contributed by atoms with Crippen LogP contribution in [0.5, 0.6) is 0 Å². The molecule has 0 aromatic carbocycles. The van der Waals surface area contributed by atoms with Gasteiger partial charge >= 0.3 is 0 Å². The van der Waals surface area contributed by atoms with Crippen LogP contribution >= 0.6 is 12.6 Å². The van der Waals surface area contributed by atoms with E-state index in [1.54, 1.807) is 0 Å². The van der Waals surface area contributed by atoms with Gasteiger partial charge in [0, 0.05) is 6.42 Å². The molecule has 1 aliphatic rings. The van der Waals surface area contributed by atoms with Crippen molar-refractivity contribution in [3.8, 4) is 0 Å². The monoisotopic (exact) mass is 251 g/mol. The van der Waals surface area contributed by atoms with Crippen molar-refractivity contribution in [1.29, 1.82) is 0 Å². The molecule has 0 bridgehead atoms. The third kappa shape index (κ3) is 3.33. The number of rotatable bonds is 4. The smallest absolute Gasteiger partial charge is 0.221 e. The van der Waals surface area contributed by atoms with Crippen molar-refractivity contribution in [3.05, 3.63) is 0 Å². The highest BCUT2D eigenvalue weighted by Crippen LogP contribution is 2.15. The van der Waals surface area contributed by atoms with Crippen molar-refractivity contribution in [1.82, 2.24) is 5.32 Å². The fourth-order valence-electron chi connectivity index (χ4n) is 1.55. The minimum Gasteiger partial charge on any atom is -0.394 e. The second-order valence-corrected chi connectivity index (χ2v) is 4.13. The Morgan fingerprint density at radius 2 is 2.12 bits per heavy atom. The number of carbonyl (C=O) groups excluding carboxylic acids is 1. The lowest BCUT2D eigenvalue weighted by Gasteiger charge is -2.37. The number of nitrogens with one attached hydrogen (secondary N) is 1. The molecule has 3 unspecified atom stereocenters. The maximum absolute atomic E-state index is 11.3. The first-order valence-corrected chi connectivity index (χ1v) is 5.72. The quantitative estimate of drug-likeness (QED) is 0.369. The molecule has 0 radical (unpaired) electrons. The van der Waals surface area contributed by atoms with E-state index in [9.17, 15) is 15.0 Å². The van der Waals surface area contributed by atoms with Crippen molar-refractivity contribution in [2.24, 2.45) is 0 Å². The third-order valence-electron chi connectivity index (χ3n) is 2.50.